The van der Waals surface area contributed by atoms with Gasteiger partial charge in [0.15, 0.2) is 0 Å². The van der Waals surface area contributed by atoms with Gasteiger partial charge >= 0.3 is 0 Å². The van der Waals surface area contributed by atoms with E-state index in [1.54, 1.807) is 12.5 Å². The third-order valence-electron chi connectivity index (χ3n) is 3.32. The molecule has 0 aliphatic carbocycles. The van der Waals surface area contributed by atoms with Crippen molar-refractivity contribution in [1.29, 1.82) is 0 Å². The number of nitrogens with zero attached hydrogens (tertiary/aromatic N) is 3. The van der Waals surface area contributed by atoms with Crippen LogP contribution in [0.15, 0.2) is 59.7 Å². The van der Waals surface area contributed by atoms with Crippen molar-refractivity contribution in [3.05, 3.63) is 59.8 Å². The first-order valence-electron chi connectivity index (χ1n) is 7.74. The highest BCUT2D eigenvalue weighted by Crippen LogP contribution is 2.27. The van der Waals surface area contributed by atoms with Crippen LogP contribution < -0.4 is 10.6 Å². The van der Waals surface area contributed by atoms with Gasteiger partial charge in [-0.3, -0.25) is 5.10 Å². The zero-order chi connectivity index (χ0) is 17.6. The Balaban J connectivity index is 1.70. The lowest BCUT2D eigenvalue weighted by molar-refractivity contribution is 0.643. The largest absolute Gasteiger partial charge is 0.369 e. The second-order valence-electron chi connectivity index (χ2n) is 5.67. The summed E-state index contributed by atoms with van der Waals surface area (Å²) in [6, 6.07) is 15.4. The average molecular weight is 355 g/mol. The van der Waals surface area contributed by atoms with Crippen molar-refractivity contribution in [2.45, 2.75) is 0 Å². The van der Waals surface area contributed by atoms with E-state index in [2.05, 4.69) is 25.8 Å². The number of aromatic nitrogens is 2. The second kappa shape index (κ2) is 7.72. The molecule has 0 aliphatic rings. The van der Waals surface area contributed by atoms with Crippen molar-refractivity contribution in [1.82, 2.24) is 15.1 Å². The van der Waals surface area contributed by atoms with Gasteiger partial charge < -0.3 is 15.5 Å². The smallest absolute Gasteiger partial charge is 0.150 e. The predicted molar refractivity (Wildman–Crippen MR) is 105 cm³/mol. The lowest BCUT2D eigenvalue weighted by Gasteiger charge is -2.09. The van der Waals surface area contributed by atoms with Crippen molar-refractivity contribution >= 4 is 46.5 Å². The highest BCUT2D eigenvalue weighted by atomic mass is 35.5. The average Bonchev–Trinajstić information content (AvgIpc) is 3.01. The van der Waals surface area contributed by atoms with Crippen LogP contribution in [0.4, 0.5) is 28.6 Å². The van der Waals surface area contributed by atoms with Crippen LogP contribution in [0, 0.1) is 0 Å². The standard InChI is InChI=1S/C18H19ClN6/c1-25(2)12-20-14-6-8-15(9-7-14)23-18-17(11-21-24-18)22-16-5-3-4-13(19)10-16/h3-12,22H,1-2H3,(H2,21,23,24). The predicted octanol–water partition coefficient (Wildman–Crippen LogP) is 4.77. The number of aromatic amines is 1. The Morgan fingerprint density at radius 2 is 1.88 bits per heavy atom. The maximum atomic E-state index is 6.02. The quantitative estimate of drug-likeness (QED) is 0.440. The van der Waals surface area contributed by atoms with Gasteiger partial charge in [0.25, 0.3) is 0 Å². The maximum absolute atomic E-state index is 6.02. The van der Waals surface area contributed by atoms with E-state index in [1.165, 1.54) is 0 Å². The topological polar surface area (TPSA) is 68.3 Å². The molecule has 0 bridgehead atoms. The van der Waals surface area contributed by atoms with Crippen LogP contribution in [-0.4, -0.2) is 35.5 Å². The minimum atomic E-state index is 0.678. The van der Waals surface area contributed by atoms with E-state index in [-0.39, 0.29) is 0 Å². The molecule has 3 N–H and O–H groups in total. The van der Waals surface area contributed by atoms with Crippen LogP contribution in [0.2, 0.25) is 5.02 Å². The third kappa shape index (κ3) is 4.74. The molecule has 7 heteroatoms. The van der Waals surface area contributed by atoms with Gasteiger partial charge in [0.05, 0.1) is 18.2 Å². The lowest BCUT2D eigenvalue weighted by Crippen LogP contribution is -2.06. The summed E-state index contributed by atoms with van der Waals surface area (Å²) in [5, 5.41) is 14.3. The van der Waals surface area contributed by atoms with Gasteiger partial charge in [0.2, 0.25) is 0 Å². The summed E-state index contributed by atoms with van der Waals surface area (Å²) in [5.41, 5.74) is 3.55. The second-order valence-corrected chi connectivity index (χ2v) is 6.11. The zero-order valence-electron chi connectivity index (χ0n) is 14.0. The normalized spacial score (nSPS) is 10.8. The molecule has 0 fully saturated rings. The fraction of sp³-hybridized carbons (Fsp3) is 0.111. The molecule has 0 spiro atoms. The molecule has 128 valence electrons. The van der Waals surface area contributed by atoms with Gasteiger partial charge in [0.1, 0.15) is 11.5 Å². The molecule has 0 atom stereocenters. The van der Waals surface area contributed by atoms with Gasteiger partial charge in [-0.05, 0) is 42.5 Å². The number of hydrogen-bond acceptors (Lipinski definition) is 4. The van der Waals surface area contributed by atoms with Gasteiger partial charge in [-0.15, -0.1) is 0 Å². The van der Waals surface area contributed by atoms with Crippen molar-refractivity contribution in [2.75, 3.05) is 24.7 Å². The Hall–Kier alpha value is -2.99. The molecule has 0 amide bonds. The van der Waals surface area contributed by atoms with Crippen LogP contribution in [0.1, 0.15) is 0 Å². The Kier molecular flexibility index (Phi) is 5.20. The zero-order valence-corrected chi connectivity index (χ0v) is 14.7. The first-order valence-corrected chi connectivity index (χ1v) is 8.11. The highest BCUT2D eigenvalue weighted by Gasteiger charge is 2.06. The van der Waals surface area contributed by atoms with E-state index in [1.807, 2.05) is 67.5 Å². The Bertz CT molecular complexity index is 854. The van der Waals surface area contributed by atoms with E-state index in [4.69, 9.17) is 11.6 Å². The number of benzene rings is 2. The minimum absolute atomic E-state index is 0.678. The number of nitrogens with one attached hydrogen (secondary N) is 3. The summed E-state index contributed by atoms with van der Waals surface area (Å²) in [5.74, 6) is 0.768. The molecular weight excluding hydrogens is 336 g/mol. The van der Waals surface area contributed by atoms with Gasteiger partial charge in [-0.2, -0.15) is 5.10 Å². The van der Waals surface area contributed by atoms with Crippen LogP contribution in [0.25, 0.3) is 0 Å². The van der Waals surface area contributed by atoms with Crippen molar-refractivity contribution in [2.24, 2.45) is 4.99 Å². The van der Waals surface area contributed by atoms with E-state index >= 15 is 0 Å². The first-order chi connectivity index (χ1) is 12.1. The van der Waals surface area contributed by atoms with E-state index in [0.717, 1.165) is 28.6 Å². The highest BCUT2D eigenvalue weighted by molar-refractivity contribution is 6.30. The van der Waals surface area contributed by atoms with E-state index in [0.29, 0.717) is 5.02 Å². The molecular formula is C18H19ClN6. The minimum Gasteiger partial charge on any atom is -0.369 e. The molecule has 3 aromatic rings. The molecule has 6 nitrogen and oxygen atoms in total. The first kappa shape index (κ1) is 16.9. The van der Waals surface area contributed by atoms with Crippen LogP contribution in [0.3, 0.4) is 0 Å². The molecule has 2 aromatic carbocycles. The number of anilines is 4. The van der Waals surface area contributed by atoms with Gasteiger partial charge in [-0.25, -0.2) is 4.99 Å². The summed E-state index contributed by atoms with van der Waals surface area (Å²) < 4.78 is 0. The fourth-order valence-electron chi connectivity index (χ4n) is 2.16. The molecule has 0 aliphatic heterocycles. The molecule has 1 heterocycles. The Morgan fingerprint density at radius 1 is 1.08 bits per heavy atom. The SMILES string of the molecule is CN(C)C=Nc1ccc(Nc2[nH]ncc2Nc2cccc(Cl)c2)cc1. The Labute approximate surface area is 151 Å². The molecule has 25 heavy (non-hydrogen) atoms. The van der Waals surface area contributed by atoms with Crippen molar-refractivity contribution in [3.8, 4) is 0 Å². The number of halogens is 1. The summed E-state index contributed by atoms with van der Waals surface area (Å²) >= 11 is 6.02. The number of hydrogen-bond donors (Lipinski definition) is 3. The lowest BCUT2D eigenvalue weighted by atomic mass is 10.3. The van der Waals surface area contributed by atoms with Gasteiger partial charge in [-0.1, -0.05) is 17.7 Å². The summed E-state index contributed by atoms with van der Waals surface area (Å²) in [6.45, 7) is 0. The van der Waals surface area contributed by atoms with Crippen LogP contribution in [0.5, 0.6) is 0 Å². The molecule has 3 rings (SSSR count). The van der Waals surface area contributed by atoms with Crippen LogP contribution in [-0.2, 0) is 0 Å². The number of rotatable bonds is 6. The third-order valence-corrected chi connectivity index (χ3v) is 3.55. The monoisotopic (exact) mass is 354 g/mol. The molecule has 0 saturated carbocycles. The summed E-state index contributed by atoms with van der Waals surface area (Å²) in [7, 11) is 3.87. The summed E-state index contributed by atoms with van der Waals surface area (Å²) in [4.78, 5) is 6.25. The molecule has 1 aromatic heterocycles. The molecule has 0 radical (unpaired) electrons. The fourth-order valence-corrected chi connectivity index (χ4v) is 2.35. The molecule has 0 saturated heterocycles. The van der Waals surface area contributed by atoms with Crippen LogP contribution >= 0.6 is 11.6 Å². The van der Waals surface area contributed by atoms with Crippen molar-refractivity contribution < 1.29 is 0 Å². The number of H-pyrrole nitrogens is 1. The molecule has 0 unspecified atom stereocenters. The Morgan fingerprint density at radius 3 is 2.60 bits per heavy atom. The van der Waals surface area contributed by atoms with E-state index < -0.39 is 0 Å². The van der Waals surface area contributed by atoms with E-state index in [9.17, 15) is 0 Å². The summed E-state index contributed by atoms with van der Waals surface area (Å²) in [6.07, 6.45) is 3.49. The van der Waals surface area contributed by atoms with Gasteiger partial charge in [0, 0.05) is 30.5 Å². The van der Waals surface area contributed by atoms with Crippen molar-refractivity contribution in [3.63, 3.8) is 0 Å². The maximum Gasteiger partial charge on any atom is 0.150 e. The number of aliphatic imine (C=N–C) groups is 1.